The highest BCUT2D eigenvalue weighted by Gasteiger charge is 2.44. The highest BCUT2D eigenvalue weighted by Crippen LogP contribution is 2.35. The molecule has 0 radical (unpaired) electrons. The summed E-state index contributed by atoms with van der Waals surface area (Å²) < 4.78 is 23.5. The average Bonchev–Trinajstić information content (AvgIpc) is 3.41. The molecule has 2 aliphatic rings. The molecule has 1 aromatic carbocycles. The SMILES string of the molecule is Cn1cccc1C(=O)N1CCC2(C1)Cn1c(-c3ccc(F)cc3)cnc1CO2. The zero-order chi connectivity index (χ0) is 19.3. The third kappa shape index (κ3) is 2.74. The second-order valence-electron chi connectivity index (χ2n) is 7.61. The monoisotopic (exact) mass is 380 g/mol. The van der Waals surface area contributed by atoms with Crippen molar-refractivity contribution < 1.29 is 13.9 Å². The minimum atomic E-state index is -0.413. The molecule has 5 rings (SSSR count). The topological polar surface area (TPSA) is 52.3 Å². The van der Waals surface area contributed by atoms with E-state index < -0.39 is 5.60 Å². The molecule has 1 fully saturated rings. The van der Waals surface area contributed by atoms with E-state index in [1.807, 2.05) is 41.0 Å². The largest absolute Gasteiger partial charge is 0.363 e. The third-order valence-electron chi connectivity index (χ3n) is 5.80. The number of likely N-dealkylation sites (tertiary alicyclic amines) is 1. The van der Waals surface area contributed by atoms with E-state index >= 15 is 0 Å². The van der Waals surface area contributed by atoms with Crippen LogP contribution in [0.15, 0.2) is 48.8 Å². The Morgan fingerprint density at radius 1 is 1.21 bits per heavy atom. The molecule has 0 saturated carbocycles. The molecular weight excluding hydrogens is 359 g/mol. The fraction of sp³-hybridized carbons (Fsp3) is 0.333. The number of ether oxygens (including phenoxy) is 1. The smallest absolute Gasteiger partial charge is 0.270 e. The van der Waals surface area contributed by atoms with Gasteiger partial charge in [-0.2, -0.15) is 0 Å². The molecule has 0 aliphatic carbocycles. The molecule has 6 nitrogen and oxygen atoms in total. The zero-order valence-corrected chi connectivity index (χ0v) is 15.6. The lowest BCUT2D eigenvalue weighted by Gasteiger charge is -2.35. The van der Waals surface area contributed by atoms with Crippen LogP contribution in [0.5, 0.6) is 0 Å². The summed E-state index contributed by atoms with van der Waals surface area (Å²) in [6.07, 6.45) is 4.47. The Hall–Kier alpha value is -2.93. The molecule has 2 aromatic heterocycles. The number of amides is 1. The minimum absolute atomic E-state index is 0.0307. The van der Waals surface area contributed by atoms with Gasteiger partial charge < -0.3 is 18.8 Å². The number of nitrogens with zero attached hydrogens (tertiary/aromatic N) is 4. The number of fused-ring (bicyclic) bond motifs is 1. The molecule has 1 amide bonds. The van der Waals surface area contributed by atoms with E-state index in [9.17, 15) is 9.18 Å². The summed E-state index contributed by atoms with van der Waals surface area (Å²) in [5, 5.41) is 0. The van der Waals surface area contributed by atoms with Crippen molar-refractivity contribution in [3.05, 3.63) is 66.1 Å². The van der Waals surface area contributed by atoms with Crippen LogP contribution in [0.25, 0.3) is 11.3 Å². The maximum atomic E-state index is 13.3. The van der Waals surface area contributed by atoms with Gasteiger partial charge in [0.25, 0.3) is 5.91 Å². The number of hydrogen-bond donors (Lipinski definition) is 0. The van der Waals surface area contributed by atoms with Crippen molar-refractivity contribution in [1.29, 1.82) is 0 Å². The lowest BCUT2D eigenvalue weighted by Crippen LogP contribution is -2.45. The number of aryl methyl sites for hydroxylation is 1. The standard InChI is InChI=1S/C21H21FN4O2/c1-24-9-2-3-17(24)20(27)25-10-8-21(13-25)14-26-18(11-23-19(26)12-28-21)15-4-6-16(22)7-5-15/h2-7,9,11H,8,10,12-14H2,1H3. The fourth-order valence-electron chi connectivity index (χ4n) is 4.22. The van der Waals surface area contributed by atoms with Gasteiger partial charge in [-0.05, 0) is 48.4 Å². The number of halogens is 1. The normalized spacial score (nSPS) is 21.3. The Labute approximate surface area is 162 Å². The fourth-order valence-corrected chi connectivity index (χ4v) is 4.22. The first kappa shape index (κ1) is 17.2. The summed E-state index contributed by atoms with van der Waals surface area (Å²) in [5.41, 5.74) is 2.14. The summed E-state index contributed by atoms with van der Waals surface area (Å²) in [6.45, 7) is 2.26. The summed E-state index contributed by atoms with van der Waals surface area (Å²) in [6, 6.07) is 10.2. The molecule has 1 saturated heterocycles. The highest BCUT2D eigenvalue weighted by molar-refractivity contribution is 5.93. The van der Waals surface area contributed by atoms with Gasteiger partial charge in [0, 0.05) is 19.8 Å². The second kappa shape index (κ2) is 6.31. The third-order valence-corrected chi connectivity index (χ3v) is 5.80. The van der Waals surface area contributed by atoms with E-state index in [4.69, 9.17) is 4.74 Å². The van der Waals surface area contributed by atoms with E-state index in [1.165, 1.54) is 12.1 Å². The van der Waals surface area contributed by atoms with Crippen LogP contribution in [-0.2, 0) is 24.9 Å². The van der Waals surface area contributed by atoms with Crippen LogP contribution < -0.4 is 0 Å². The number of hydrogen-bond acceptors (Lipinski definition) is 3. The van der Waals surface area contributed by atoms with Crippen molar-refractivity contribution >= 4 is 5.91 Å². The van der Waals surface area contributed by atoms with Crippen molar-refractivity contribution in [3.8, 4) is 11.3 Å². The molecule has 1 atom stereocenters. The number of benzene rings is 1. The van der Waals surface area contributed by atoms with Crippen LogP contribution in [-0.4, -0.2) is 43.6 Å². The molecule has 28 heavy (non-hydrogen) atoms. The number of aromatic nitrogens is 3. The predicted octanol–water partition coefficient (Wildman–Crippen LogP) is 2.84. The Balaban J connectivity index is 1.40. The van der Waals surface area contributed by atoms with Crippen molar-refractivity contribution in [2.75, 3.05) is 13.1 Å². The zero-order valence-electron chi connectivity index (χ0n) is 15.6. The maximum absolute atomic E-state index is 13.3. The number of imidazole rings is 1. The average molecular weight is 380 g/mol. The molecule has 3 aromatic rings. The summed E-state index contributed by atoms with van der Waals surface area (Å²) >= 11 is 0. The number of carbonyl (C=O) groups excluding carboxylic acids is 1. The van der Waals surface area contributed by atoms with Gasteiger partial charge >= 0.3 is 0 Å². The molecule has 1 spiro atoms. The Kier molecular flexibility index (Phi) is 3.87. The summed E-state index contributed by atoms with van der Waals surface area (Å²) in [4.78, 5) is 19.2. The first-order chi connectivity index (χ1) is 13.5. The van der Waals surface area contributed by atoms with Gasteiger partial charge in [-0.25, -0.2) is 9.37 Å². The van der Waals surface area contributed by atoms with Crippen LogP contribution in [0.2, 0.25) is 0 Å². The van der Waals surface area contributed by atoms with Gasteiger partial charge in [0.1, 0.15) is 29.5 Å². The lowest BCUT2D eigenvalue weighted by molar-refractivity contribution is -0.0805. The Morgan fingerprint density at radius 3 is 2.79 bits per heavy atom. The van der Waals surface area contributed by atoms with E-state index in [1.54, 1.807) is 12.1 Å². The number of carbonyl (C=O) groups is 1. The van der Waals surface area contributed by atoms with Crippen molar-refractivity contribution in [1.82, 2.24) is 19.0 Å². The molecule has 0 N–H and O–H groups in total. The molecule has 144 valence electrons. The van der Waals surface area contributed by atoms with Gasteiger partial charge in [-0.3, -0.25) is 4.79 Å². The van der Waals surface area contributed by atoms with Gasteiger partial charge in [-0.15, -0.1) is 0 Å². The molecule has 0 bridgehead atoms. The maximum Gasteiger partial charge on any atom is 0.270 e. The van der Waals surface area contributed by atoms with Gasteiger partial charge in [0.15, 0.2) is 0 Å². The Bertz CT molecular complexity index is 1040. The van der Waals surface area contributed by atoms with Crippen LogP contribution in [0.4, 0.5) is 4.39 Å². The van der Waals surface area contributed by atoms with Gasteiger partial charge in [0.05, 0.1) is 25.0 Å². The highest BCUT2D eigenvalue weighted by atomic mass is 19.1. The minimum Gasteiger partial charge on any atom is -0.363 e. The second-order valence-corrected chi connectivity index (χ2v) is 7.61. The number of rotatable bonds is 2. The van der Waals surface area contributed by atoms with Crippen LogP contribution in [0, 0.1) is 5.82 Å². The van der Waals surface area contributed by atoms with E-state index in [0.717, 1.165) is 23.5 Å². The van der Waals surface area contributed by atoms with Gasteiger partial charge in [-0.1, -0.05) is 0 Å². The van der Waals surface area contributed by atoms with E-state index in [-0.39, 0.29) is 11.7 Å². The Morgan fingerprint density at radius 2 is 2.04 bits per heavy atom. The van der Waals surface area contributed by atoms with Crippen LogP contribution in [0.1, 0.15) is 22.7 Å². The van der Waals surface area contributed by atoms with Crippen molar-refractivity contribution in [2.45, 2.75) is 25.2 Å². The first-order valence-electron chi connectivity index (χ1n) is 9.40. The van der Waals surface area contributed by atoms with E-state index in [0.29, 0.717) is 31.9 Å². The van der Waals surface area contributed by atoms with Crippen LogP contribution >= 0.6 is 0 Å². The molecule has 7 heteroatoms. The van der Waals surface area contributed by atoms with Crippen molar-refractivity contribution in [3.63, 3.8) is 0 Å². The molecular formula is C21H21FN4O2. The van der Waals surface area contributed by atoms with E-state index in [2.05, 4.69) is 9.55 Å². The van der Waals surface area contributed by atoms with Crippen LogP contribution in [0.3, 0.4) is 0 Å². The summed E-state index contributed by atoms with van der Waals surface area (Å²) in [7, 11) is 1.88. The lowest BCUT2D eigenvalue weighted by atomic mass is 10.0. The molecule has 4 heterocycles. The quantitative estimate of drug-likeness (QED) is 0.687. The van der Waals surface area contributed by atoms with Gasteiger partial charge in [0.2, 0.25) is 0 Å². The summed E-state index contributed by atoms with van der Waals surface area (Å²) in [5.74, 6) is 0.632. The molecule has 1 unspecified atom stereocenters. The van der Waals surface area contributed by atoms with Crippen molar-refractivity contribution in [2.24, 2.45) is 7.05 Å². The molecule has 2 aliphatic heterocycles. The predicted molar refractivity (Wildman–Crippen MR) is 101 cm³/mol. The first-order valence-corrected chi connectivity index (χ1v) is 9.40.